The molecule has 0 amide bonds. The molecule has 0 saturated carbocycles. The maximum Gasteiger partial charge on any atom is 0.0134 e. The van der Waals surface area contributed by atoms with Crippen LogP contribution in [0.1, 0.15) is 18.9 Å². The van der Waals surface area contributed by atoms with Gasteiger partial charge in [-0.1, -0.05) is 37.3 Å². The Morgan fingerprint density at radius 1 is 1.31 bits per heavy atom. The van der Waals surface area contributed by atoms with Crippen molar-refractivity contribution in [2.75, 3.05) is 6.54 Å². The van der Waals surface area contributed by atoms with E-state index in [9.17, 15) is 0 Å². The zero-order valence-electron chi connectivity index (χ0n) is 8.16. The molecule has 0 bridgehead atoms. The lowest BCUT2D eigenvalue weighted by Gasteiger charge is -2.15. The molecule has 1 aromatic rings. The highest BCUT2D eigenvalue weighted by Gasteiger charge is 2.22. The highest BCUT2D eigenvalue weighted by atomic mass is 14.9. The summed E-state index contributed by atoms with van der Waals surface area (Å²) in [7, 11) is 0. The molecule has 1 heterocycles. The second-order valence-corrected chi connectivity index (χ2v) is 4.02. The van der Waals surface area contributed by atoms with Crippen LogP contribution in [0.25, 0.3) is 0 Å². The lowest BCUT2D eigenvalue weighted by Crippen LogP contribution is -2.27. The van der Waals surface area contributed by atoms with E-state index < -0.39 is 0 Å². The topological polar surface area (TPSA) is 12.0 Å². The van der Waals surface area contributed by atoms with Gasteiger partial charge in [0.1, 0.15) is 0 Å². The fourth-order valence-electron chi connectivity index (χ4n) is 2.04. The second-order valence-electron chi connectivity index (χ2n) is 4.02. The number of hydrogen-bond acceptors (Lipinski definition) is 1. The van der Waals surface area contributed by atoms with Crippen LogP contribution in [-0.4, -0.2) is 12.6 Å². The molecule has 13 heavy (non-hydrogen) atoms. The van der Waals surface area contributed by atoms with Gasteiger partial charge >= 0.3 is 0 Å². The van der Waals surface area contributed by atoms with E-state index in [0.29, 0.717) is 6.04 Å². The molecule has 0 aliphatic carbocycles. The monoisotopic (exact) mass is 175 g/mol. The molecule has 1 aliphatic heterocycles. The Morgan fingerprint density at radius 2 is 2.08 bits per heavy atom. The minimum Gasteiger partial charge on any atom is -0.313 e. The summed E-state index contributed by atoms with van der Waals surface area (Å²) in [6, 6.07) is 11.4. The highest BCUT2D eigenvalue weighted by molar-refractivity contribution is 5.16. The van der Waals surface area contributed by atoms with Gasteiger partial charge in [-0.15, -0.1) is 0 Å². The van der Waals surface area contributed by atoms with E-state index in [1.807, 2.05) is 0 Å². The molecule has 0 radical (unpaired) electrons. The van der Waals surface area contributed by atoms with Crippen molar-refractivity contribution < 1.29 is 0 Å². The second kappa shape index (κ2) is 3.93. The summed E-state index contributed by atoms with van der Waals surface area (Å²) in [5.74, 6) is 0.834. The van der Waals surface area contributed by atoms with Gasteiger partial charge in [-0.05, 0) is 30.9 Å². The zero-order chi connectivity index (χ0) is 9.10. The van der Waals surface area contributed by atoms with E-state index in [-0.39, 0.29) is 0 Å². The van der Waals surface area contributed by atoms with Crippen LogP contribution in [-0.2, 0) is 6.42 Å². The molecule has 1 fully saturated rings. The Balaban J connectivity index is 1.98. The van der Waals surface area contributed by atoms with Crippen LogP contribution in [0.4, 0.5) is 0 Å². The molecule has 0 spiro atoms. The minimum atomic E-state index is 0.697. The third-order valence-electron chi connectivity index (χ3n) is 2.99. The molecular formula is C12H17N. The smallest absolute Gasteiger partial charge is 0.0134 e. The van der Waals surface area contributed by atoms with Crippen LogP contribution in [0, 0.1) is 5.92 Å². The van der Waals surface area contributed by atoms with Crippen LogP contribution >= 0.6 is 0 Å². The maximum atomic E-state index is 3.55. The summed E-state index contributed by atoms with van der Waals surface area (Å²) in [6.45, 7) is 3.53. The summed E-state index contributed by atoms with van der Waals surface area (Å²) < 4.78 is 0. The molecule has 1 N–H and O–H groups in total. The van der Waals surface area contributed by atoms with E-state index in [4.69, 9.17) is 0 Å². The predicted molar refractivity (Wildman–Crippen MR) is 55.7 cm³/mol. The first-order valence-corrected chi connectivity index (χ1v) is 5.13. The van der Waals surface area contributed by atoms with E-state index in [1.54, 1.807) is 0 Å². The lowest BCUT2D eigenvalue weighted by atomic mass is 9.97. The summed E-state index contributed by atoms with van der Waals surface area (Å²) in [4.78, 5) is 0. The third kappa shape index (κ3) is 2.10. The number of nitrogens with one attached hydrogen (secondary N) is 1. The van der Waals surface area contributed by atoms with Crippen LogP contribution in [0.5, 0.6) is 0 Å². The summed E-state index contributed by atoms with van der Waals surface area (Å²) in [5, 5.41) is 3.55. The van der Waals surface area contributed by atoms with E-state index in [2.05, 4.69) is 42.6 Å². The molecule has 1 heteroatoms. The van der Waals surface area contributed by atoms with E-state index in [0.717, 1.165) is 5.92 Å². The third-order valence-corrected chi connectivity index (χ3v) is 2.99. The van der Waals surface area contributed by atoms with Gasteiger partial charge < -0.3 is 5.32 Å². The van der Waals surface area contributed by atoms with Gasteiger partial charge in [0.25, 0.3) is 0 Å². The first-order chi connectivity index (χ1) is 6.36. The van der Waals surface area contributed by atoms with Crippen molar-refractivity contribution in [2.24, 2.45) is 5.92 Å². The van der Waals surface area contributed by atoms with Crippen molar-refractivity contribution in [2.45, 2.75) is 25.8 Å². The molecule has 1 aliphatic rings. The van der Waals surface area contributed by atoms with E-state index >= 15 is 0 Å². The van der Waals surface area contributed by atoms with Crippen molar-refractivity contribution in [3.05, 3.63) is 35.9 Å². The Labute approximate surface area is 80.2 Å². The molecule has 1 nitrogen and oxygen atoms in total. The molecule has 2 atom stereocenters. The van der Waals surface area contributed by atoms with Gasteiger partial charge in [0.2, 0.25) is 0 Å². The van der Waals surface area contributed by atoms with Crippen molar-refractivity contribution in [3.63, 3.8) is 0 Å². The van der Waals surface area contributed by atoms with Crippen LogP contribution < -0.4 is 5.32 Å². The summed E-state index contributed by atoms with van der Waals surface area (Å²) in [5.41, 5.74) is 1.45. The Hall–Kier alpha value is -0.820. The molecule has 70 valence electrons. The lowest BCUT2D eigenvalue weighted by molar-refractivity contribution is 0.480. The van der Waals surface area contributed by atoms with Crippen LogP contribution in [0.3, 0.4) is 0 Å². The molecule has 1 aromatic carbocycles. The SMILES string of the molecule is CC1CCNC1Cc1ccccc1. The van der Waals surface area contributed by atoms with Crippen molar-refractivity contribution in [1.29, 1.82) is 0 Å². The fourth-order valence-corrected chi connectivity index (χ4v) is 2.04. The van der Waals surface area contributed by atoms with E-state index in [1.165, 1.54) is 24.9 Å². The van der Waals surface area contributed by atoms with Crippen molar-refractivity contribution in [3.8, 4) is 0 Å². The van der Waals surface area contributed by atoms with Gasteiger partial charge in [-0.25, -0.2) is 0 Å². The minimum absolute atomic E-state index is 0.697. The molecule has 2 unspecified atom stereocenters. The van der Waals surface area contributed by atoms with Gasteiger partial charge in [0, 0.05) is 6.04 Å². The summed E-state index contributed by atoms with van der Waals surface area (Å²) in [6.07, 6.45) is 2.51. The molecule has 1 saturated heterocycles. The number of hydrogen-bond donors (Lipinski definition) is 1. The average Bonchev–Trinajstić information content (AvgIpc) is 2.54. The van der Waals surface area contributed by atoms with Gasteiger partial charge in [0.05, 0.1) is 0 Å². The van der Waals surface area contributed by atoms with Crippen molar-refractivity contribution in [1.82, 2.24) is 5.32 Å². The summed E-state index contributed by atoms with van der Waals surface area (Å²) >= 11 is 0. The molecule has 2 rings (SSSR count). The number of benzene rings is 1. The standard InChI is InChI=1S/C12H17N/c1-10-7-8-13-12(10)9-11-5-3-2-4-6-11/h2-6,10,12-13H,7-9H2,1H3. The maximum absolute atomic E-state index is 3.55. The van der Waals surface area contributed by atoms with Gasteiger partial charge in [-0.2, -0.15) is 0 Å². The quantitative estimate of drug-likeness (QED) is 0.726. The fraction of sp³-hybridized carbons (Fsp3) is 0.500. The molecular weight excluding hydrogens is 158 g/mol. The number of rotatable bonds is 2. The Kier molecular flexibility index (Phi) is 2.65. The normalized spacial score (nSPS) is 27.8. The first kappa shape index (κ1) is 8.76. The Morgan fingerprint density at radius 3 is 2.69 bits per heavy atom. The zero-order valence-corrected chi connectivity index (χ0v) is 8.16. The Bertz CT molecular complexity index is 255. The highest BCUT2D eigenvalue weighted by Crippen LogP contribution is 2.18. The predicted octanol–water partition coefficient (Wildman–Crippen LogP) is 2.23. The van der Waals surface area contributed by atoms with Crippen LogP contribution in [0.2, 0.25) is 0 Å². The first-order valence-electron chi connectivity index (χ1n) is 5.13. The van der Waals surface area contributed by atoms with Crippen molar-refractivity contribution >= 4 is 0 Å². The largest absolute Gasteiger partial charge is 0.313 e. The van der Waals surface area contributed by atoms with Gasteiger partial charge in [0.15, 0.2) is 0 Å². The average molecular weight is 175 g/mol. The molecule has 0 aromatic heterocycles. The van der Waals surface area contributed by atoms with Crippen LogP contribution in [0.15, 0.2) is 30.3 Å². The van der Waals surface area contributed by atoms with Gasteiger partial charge in [-0.3, -0.25) is 0 Å².